The number of likely N-dealkylation sites (tertiary alicyclic amines) is 1. The average molecular weight is 184 g/mol. The molecule has 4 nitrogen and oxygen atoms in total. The summed E-state index contributed by atoms with van der Waals surface area (Å²) in [4.78, 5) is 4.32. The molecule has 0 aliphatic carbocycles. The van der Waals surface area contributed by atoms with Crippen molar-refractivity contribution in [2.24, 2.45) is 5.73 Å². The van der Waals surface area contributed by atoms with Crippen molar-refractivity contribution in [3.8, 4) is 0 Å². The Bertz CT molecular complexity index is 172. The first-order valence-electron chi connectivity index (χ1n) is 4.94. The van der Waals surface area contributed by atoms with Gasteiger partial charge in [0.1, 0.15) is 0 Å². The molecule has 0 aromatic carbocycles. The summed E-state index contributed by atoms with van der Waals surface area (Å²) in [7, 11) is 1.91. The van der Waals surface area contributed by atoms with Crippen LogP contribution in [-0.2, 0) is 0 Å². The molecule has 0 unspecified atom stereocenters. The number of guanidine groups is 1. The molecule has 0 aromatic rings. The molecule has 1 heterocycles. The molecular weight excluding hydrogens is 164 g/mol. The van der Waals surface area contributed by atoms with Crippen LogP contribution in [0.4, 0.5) is 0 Å². The lowest BCUT2D eigenvalue weighted by atomic mass is 10.0. The van der Waals surface area contributed by atoms with E-state index in [-0.39, 0.29) is 5.96 Å². The van der Waals surface area contributed by atoms with Crippen LogP contribution in [0.2, 0.25) is 0 Å². The maximum absolute atomic E-state index is 7.32. The van der Waals surface area contributed by atoms with Gasteiger partial charge in [-0.2, -0.15) is 0 Å². The van der Waals surface area contributed by atoms with Gasteiger partial charge in [-0.25, -0.2) is 0 Å². The van der Waals surface area contributed by atoms with E-state index < -0.39 is 0 Å². The number of hydrogen-bond donors (Lipinski definition) is 2. The van der Waals surface area contributed by atoms with Crippen LogP contribution in [-0.4, -0.2) is 48.5 Å². The Hall–Kier alpha value is -0.770. The maximum Gasteiger partial charge on any atom is 0.188 e. The Morgan fingerprint density at radius 2 is 2.08 bits per heavy atom. The molecule has 1 rings (SSSR count). The largest absolute Gasteiger partial charge is 0.370 e. The zero-order valence-electron chi connectivity index (χ0n) is 8.58. The first-order valence-corrected chi connectivity index (χ1v) is 4.94. The van der Waals surface area contributed by atoms with Gasteiger partial charge >= 0.3 is 0 Å². The fraction of sp³-hybridized carbons (Fsp3) is 0.889. The lowest BCUT2D eigenvalue weighted by Gasteiger charge is -2.36. The fourth-order valence-electron chi connectivity index (χ4n) is 1.82. The molecule has 76 valence electrons. The topological polar surface area (TPSA) is 56.4 Å². The number of nitrogens with zero attached hydrogens (tertiary/aromatic N) is 2. The second kappa shape index (κ2) is 4.46. The molecule has 1 aliphatic rings. The van der Waals surface area contributed by atoms with Crippen LogP contribution < -0.4 is 5.73 Å². The summed E-state index contributed by atoms with van der Waals surface area (Å²) in [5.74, 6) is 0.190. The van der Waals surface area contributed by atoms with Crippen LogP contribution in [0.5, 0.6) is 0 Å². The molecular formula is C9H20N4. The van der Waals surface area contributed by atoms with Crippen molar-refractivity contribution in [2.45, 2.75) is 25.8 Å². The summed E-state index contributed by atoms with van der Waals surface area (Å²) in [5, 5.41) is 7.32. The van der Waals surface area contributed by atoms with Gasteiger partial charge in [0.15, 0.2) is 5.96 Å². The van der Waals surface area contributed by atoms with Crippen LogP contribution in [0, 0.1) is 5.41 Å². The molecule has 0 atom stereocenters. The summed E-state index contributed by atoms with van der Waals surface area (Å²) in [6.45, 7) is 5.60. The van der Waals surface area contributed by atoms with E-state index in [1.165, 1.54) is 0 Å². The predicted octanol–water partition coefficient (Wildman–Crippen LogP) is 0.296. The maximum atomic E-state index is 7.32. The molecule has 1 aliphatic heterocycles. The SMILES string of the molecule is CCN1CCC(N(C)C(=N)N)CC1. The average Bonchev–Trinajstić information content (AvgIpc) is 2.17. The van der Waals surface area contributed by atoms with Crippen LogP contribution >= 0.6 is 0 Å². The van der Waals surface area contributed by atoms with Crippen molar-refractivity contribution in [3.05, 3.63) is 0 Å². The normalized spacial score (nSPS) is 20.2. The van der Waals surface area contributed by atoms with Gasteiger partial charge in [-0.1, -0.05) is 6.92 Å². The third kappa shape index (κ3) is 2.59. The lowest BCUT2D eigenvalue weighted by Crippen LogP contribution is -2.47. The summed E-state index contributed by atoms with van der Waals surface area (Å²) in [6.07, 6.45) is 2.26. The van der Waals surface area contributed by atoms with E-state index in [1.807, 2.05) is 11.9 Å². The monoisotopic (exact) mass is 184 g/mol. The number of nitrogens with two attached hydrogens (primary N) is 1. The van der Waals surface area contributed by atoms with Crippen molar-refractivity contribution in [1.82, 2.24) is 9.80 Å². The quantitative estimate of drug-likeness (QED) is 0.479. The zero-order chi connectivity index (χ0) is 9.84. The molecule has 1 fully saturated rings. The standard InChI is InChI=1S/C9H20N4/c1-3-13-6-4-8(5-7-13)12(2)9(10)11/h8H,3-7H2,1-2H3,(H3,10,11). The summed E-state index contributed by atoms with van der Waals surface area (Å²) in [5.41, 5.74) is 5.43. The van der Waals surface area contributed by atoms with Crippen LogP contribution in [0.25, 0.3) is 0 Å². The highest BCUT2D eigenvalue weighted by Crippen LogP contribution is 2.14. The molecule has 0 aromatic heterocycles. The number of hydrogen-bond acceptors (Lipinski definition) is 2. The lowest BCUT2D eigenvalue weighted by molar-refractivity contribution is 0.170. The van der Waals surface area contributed by atoms with Gasteiger partial charge in [0.25, 0.3) is 0 Å². The van der Waals surface area contributed by atoms with E-state index in [2.05, 4.69) is 11.8 Å². The molecule has 4 heteroatoms. The Balaban J connectivity index is 2.36. The first kappa shape index (κ1) is 10.3. The van der Waals surface area contributed by atoms with Crippen LogP contribution in [0.15, 0.2) is 0 Å². The van der Waals surface area contributed by atoms with Crippen LogP contribution in [0.1, 0.15) is 19.8 Å². The minimum absolute atomic E-state index is 0.190. The van der Waals surface area contributed by atoms with Gasteiger partial charge in [0, 0.05) is 26.2 Å². The van der Waals surface area contributed by atoms with Gasteiger partial charge in [-0.15, -0.1) is 0 Å². The van der Waals surface area contributed by atoms with Crippen molar-refractivity contribution >= 4 is 5.96 Å². The van der Waals surface area contributed by atoms with E-state index in [4.69, 9.17) is 11.1 Å². The van der Waals surface area contributed by atoms with Crippen molar-refractivity contribution in [2.75, 3.05) is 26.7 Å². The molecule has 0 spiro atoms. The molecule has 0 amide bonds. The van der Waals surface area contributed by atoms with E-state index in [0.717, 1.165) is 32.5 Å². The van der Waals surface area contributed by atoms with Gasteiger partial charge < -0.3 is 15.5 Å². The first-order chi connectivity index (χ1) is 6.15. The number of rotatable bonds is 2. The molecule has 0 saturated carbocycles. The van der Waals surface area contributed by atoms with E-state index in [9.17, 15) is 0 Å². The smallest absolute Gasteiger partial charge is 0.188 e. The highest BCUT2D eigenvalue weighted by molar-refractivity contribution is 5.74. The third-order valence-corrected chi connectivity index (χ3v) is 2.93. The Morgan fingerprint density at radius 3 is 2.46 bits per heavy atom. The van der Waals surface area contributed by atoms with Crippen molar-refractivity contribution in [3.63, 3.8) is 0 Å². The summed E-state index contributed by atoms with van der Waals surface area (Å²) < 4.78 is 0. The molecule has 3 N–H and O–H groups in total. The number of nitrogens with one attached hydrogen (secondary N) is 1. The zero-order valence-corrected chi connectivity index (χ0v) is 8.58. The third-order valence-electron chi connectivity index (χ3n) is 2.93. The second-order valence-electron chi connectivity index (χ2n) is 3.66. The van der Waals surface area contributed by atoms with E-state index in [1.54, 1.807) is 0 Å². The molecule has 0 radical (unpaired) electrons. The fourth-order valence-corrected chi connectivity index (χ4v) is 1.82. The molecule has 1 saturated heterocycles. The van der Waals surface area contributed by atoms with Gasteiger partial charge in [-0.3, -0.25) is 5.41 Å². The Kier molecular flexibility index (Phi) is 3.54. The Labute approximate surface area is 80.2 Å². The van der Waals surface area contributed by atoms with E-state index in [0.29, 0.717) is 6.04 Å². The number of piperidine rings is 1. The Morgan fingerprint density at radius 1 is 1.54 bits per heavy atom. The minimum Gasteiger partial charge on any atom is -0.370 e. The van der Waals surface area contributed by atoms with Crippen molar-refractivity contribution < 1.29 is 0 Å². The highest BCUT2D eigenvalue weighted by Gasteiger charge is 2.21. The minimum atomic E-state index is 0.190. The predicted molar refractivity (Wildman–Crippen MR) is 54.8 cm³/mol. The van der Waals surface area contributed by atoms with Gasteiger partial charge in [0.05, 0.1) is 0 Å². The van der Waals surface area contributed by atoms with Crippen molar-refractivity contribution in [1.29, 1.82) is 5.41 Å². The highest BCUT2D eigenvalue weighted by atomic mass is 15.2. The van der Waals surface area contributed by atoms with Gasteiger partial charge in [-0.05, 0) is 19.4 Å². The van der Waals surface area contributed by atoms with E-state index >= 15 is 0 Å². The second-order valence-corrected chi connectivity index (χ2v) is 3.66. The van der Waals surface area contributed by atoms with Gasteiger partial charge in [0.2, 0.25) is 0 Å². The summed E-state index contributed by atoms with van der Waals surface area (Å²) >= 11 is 0. The van der Waals surface area contributed by atoms with Crippen LogP contribution in [0.3, 0.4) is 0 Å². The molecule has 13 heavy (non-hydrogen) atoms. The molecule has 0 bridgehead atoms. The summed E-state index contributed by atoms with van der Waals surface area (Å²) in [6, 6.07) is 0.472.